The third-order valence-electron chi connectivity index (χ3n) is 6.57. The van der Waals surface area contributed by atoms with Crippen LogP contribution in [0.3, 0.4) is 0 Å². The van der Waals surface area contributed by atoms with Gasteiger partial charge in [0.15, 0.2) is 0 Å². The maximum atomic E-state index is 13.1. The number of ketones is 1. The van der Waals surface area contributed by atoms with Gasteiger partial charge in [-0.05, 0) is 48.1 Å². The third-order valence-corrected chi connectivity index (χ3v) is 6.57. The summed E-state index contributed by atoms with van der Waals surface area (Å²) >= 11 is 0. The average molecular weight is 472 g/mol. The van der Waals surface area contributed by atoms with Gasteiger partial charge in [0, 0.05) is 0 Å². The molecule has 2 unspecified atom stereocenters. The Bertz CT molecular complexity index is 1190. The van der Waals surface area contributed by atoms with Crippen LogP contribution in [0.1, 0.15) is 37.0 Å². The smallest absolute Gasteiger partial charge is 0.322 e. The normalized spacial score (nSPS) is 14.8. The van der Waals surface area contributed by atoms with E-state index in [1.54, 1.807) is 6.92 Å². The van der Waals surface area contributed by atoms with Crippen molar-refractivity contribution in [1.29, 1.82) is 0 Å². The number of esters is 2. The third kappa shape index (κ3) is 4.37. The van der Waals surface area contributed by atoms with Crippen molar-refractivity contribution in [3.8, 4) is 11.1 Å². The molecule has 0 saturated heterocycles. The van der Waals surface area contributed by atoms with Crippen molar-refractivity contribution in [3.63, 3.8) is 0 Å². The van der Waals surface area contributed by atoms with E-state index in [-0.39, 0.29) is 18.8 Å². The number of nitrogens with one attached hydrogen (secondary N) is 1. The van der Waals surface area contributed by atoms with Crippen molar-refractivity contribution < 1.29 is 23.9 Å². The van der Waals surface area contributed by atoms with Crippen molar-refractivity contribution in [2.45, 2.75) is 31.8 Å². The molecule has 180 valence electrons. The van der Waals surface area contributed by atoms with Crippen molar-refractivity contribution in [1.82, 2.24) is 5.32 Å². The van der Waals surface area contributed by atoms with Crippen LogP contribution < -0.4 is 5.32 Å². The fourth-order valence-electron chi connectivity index (χ4n) is 5.00. The Hall–Kier alpha value is -3.77. The lowest BCUT2D eigenvalue weighted by Crippen LogP contribution is -2.53. The van der Waals surface area contributed by atoms with Crippen molar-refractivity contribution >= 4 is 17.7 Å². The summed E-state index contributed by atoms with van der Waals surface area (Å²) in [5.74, 6) is -2.65. The van der Waals surface area contributed by atoms with E-state index >= 15 is 0 Å². The predicted molar refractivity (Wildman–Crippen MR) is 133 cm³/mol. The lowest BCUT2D eigenvalue weighted by molar-refractivity contribution is -0.152. The summed E-state index contributed by atoms with van der Waals surface area (Å²) in [6.45, 7) is 3.17. The van der Waals surface area contributed by atoms with Crippen LogP contribution in [-0.4, -0.2) is 37.5 Å². The molecule has 0 heterocycles. The van der Waals surface area contributed by atoms with Crippen LogP contribution in [0, 0.1) is 5.92 Å². The van der Waals surface area contributed by atoms with Gasteiger partial charge in [-0.1, -0.05) is 78.9 Å². The standard InChI is InChI=1S/C29H29NO5/c1-4-35-27(32)23(19(2)31)18-26(28(33)34-3)30-29(20-12-6-5-7-13-20)24-16-10-8-14-21(24)22-15-9-11-17-25(22)29/h5-17,23,26,30H,4,18H2,1-3H3. The van der Waals surface area contributed by atoms with Crippen LogP contribution in [0.4, 0.5) is 0 Å². The molecular formula is C29H29NO5. The molecule has 1 aliphatic carbocycles. The summed E-state index contributed by atoms with van der Waals surface area (Å²) in [5, 5.41) is 3.56. The van der Waals surface area contributed by atoms with Gasteiger partial charge in [-0.25, -0.2) is 0 Å². The molecule has 0 radical (unpaired) electrons. The molecule has 0 fully saturated rings. The number of hydrogen-bond acceptors (Lipinski definition) is 6. The summed E-state index contributed by atoms with van der Waals surface area (Å²) < 4.78 is 10.3. The van der Waals surface area contributed by atoms with Crippen molar-refractivity contribution in [3.05, 3.63) is 95.6 Å². The van der Waals surface area contributed by atoms with Gasteiger partial charge >= 0.3 is 11.9 Å². The molecule has 35 heavy (non-hydrogen) atoms. The molecule has 6 heteroatoms. The van der Waals surface area contributed by atoms with Gasteiger partial charge in [0.05, 0.1) is 19.3 Å². The highest BCUT2D eigenvalue weighted by atomic mass is 16.5. The summed E-state index contributed by atoms with van der Waals surface area (Å²) in [5.41, 5.74) is 4.10. The van der Waals surface area contributed by atoms with E-state index in [9.17, 15) is 14.4 Å². The minimum atomic E-state index is -1.09. The second kappa shape index (κ2) is 10.2. The number of Topliss-reactive ketones (excluding diaryl/α,β-unsaturated/α-hetero) is 1. The zero-order chi connectivity index (χ0) is 25.0. The van der Waals surface area contributed by atoms with Gasteiger partial charge < -0.3 is 9.47 Å². The molecule has 4 rings (SSSR count). The number of methoxy groups -OCH3 is 1. The minimum absolute atomic E-state index is 0.0836. The maximum Gasteiger partial charge on any atom is 0.322 e. The molecule has 1 aliphatic rings. The van der Waals surface area contributed by atoms with Gasteiger partial charge in [0.1, 0.15) is 17.7 Å². The second-order valence-electron chi connectivity index (χ2n) is 8.58. The topological polar surface area (TPSA) is 81.7 Å². The van der Waals surface area contributed by atoms with Crippen LogP contribution >= 0.6 is 0 Å². The van der Waals surface area contributed by atoms with Crippen molar-refractivity contribution in [2.75, 3.05) is 13.7 Å². The Balaban J connectivity index is 1.89. The van der Waals surface area contributed by atoms with E-state index in [1.165, 1.54) is 14.0 Å². The number of hydrogen-bond donors (Lipinski definition) is 1. The Morgan fingerprint density at radius 1 is 0.829 bits per heavy atom. The van der Waals surface area contributed by atoms with Crippen LogP contribution in [0.25, 0.3) is 11.1 Å². The Labute approximate surface area is 205 Å². The Morgan fingerprint density at radius 3 is 1.89 bits per heavy atom. The van der Waals surface area contributed by atoms with Crippen molar-refractivity contribution in [2.24, 2.45) is 5.92 Å². The first-order valence-corrected chi connectivity index (χ1v) is 11.7. The van der Waals surface area contributed by atoms with Gasteiger partial charge in [-0.3, -0.25) is 19.7 Å². The highest BCUT2D eigenvalue weighted by Crippen LogP contribution is 2.51. The molecular weight excluding hydrogens is 442 g/mol. The van der Waals surface area contributed by atoms with E-state index in [4.69, 9.17) is 9.47 Å². The predicted octanol–water partition coefficient (Wildman–Crippen LogP) is 4.25. The van der Waals surface area contributed by atoms with Crippen LogP contribution in [-0.2, 0) is 29.4 Å². The second-order valence-corrected chi connectivity index (χ2v) is 8.58. The van der Waals surface area contributed by atoms with E-state index < -0.39 is 29.4 Å². The lowest BCUT2D eigenvalue weighted by atomic mass is 9.79. The number of carbonyl (C=O) groups excluding carboxylic acids is 3. The van der Waals surface area contributed by atoms with E-state index in [0.29, 0.717) is 0 Å². The summed E-state index contributed by atoms with van der Waals surface area (Å²) in [6, 6.07) is 25.0. The molecule has 0 saturated carbocycles. The fraction of sp³-hybridized carbons (Fsp3) is 0.276. The highest BCUT2D eigenvalue weighted by molar-refractivity contribution is 5.98. The molecule has 3 aromatic carbocycles. The Morgan fingerprint density at radius 2 is 1.37 bits per heavy atom. The monoisotopic (exact) mass is 471 g/mol. The quantitative estimate of drug-likeness (QED) is 0.371. The Kier molecular flexibility index (Phi) is 7.12. The molecule has 2 atom stereocenters. The first kappa shape index (κ1) is 24.4. The SMILES string of the molecule is CCOC(=O)C(CC(NC1(c2ccccc2)c2ccccc2-c2ccccc21)C(=O)OC)C(C)=O. The number of ether oxygens (including phenoxy) is 2. The molecule has 0 aromatic heterocycles. The van der Waals surface area contributed by atoms with Gasteiger partial charge in [0.2, 0.25) is 0 Å². The molecule has 0 bridgehead atoms. The molecule has 6 nitrogen and oxygen atoms in total. The van der Waals surface area contributed by atoms with Crippen LogP contribution in [0.5, 0.6) is 0 Å². The van der Waals surface area contributed by atoms with Crippen LogP contribution in [0.2, 0.25) is 0 Å². The molecule has 0 amide bonds. The number of carbonyl (C=O) groups is 3. The number of benzene rings is 3. The van der Waals surface area contributed by atoms with E-state index in [0.717, 1.165) is 27.8 Å². The van der Waals surface area contributed by atoms with Gasteiger partial charge in [-0.2, -0.15) is 0 Å². The highest BCUT2D eigenvalue weighted by Gasteiger charge is 2.47. The minimum Gasteiger partial charge on any atom is -0.468 e. The largest absolute Gasteiger partial charge is 0.468 e. The van der Waals surface area contributed by atoms with Gasteiger partial charge in [-0.15, -0.1) is 0 Å². The molecule has 3 aromatic rings. The maximum absolute atomic E-state index is 13.1. The summed E-state index contributed by atoms with van der Waals surface area (Å²) in [6.07, 6.45) is -0.0836. The zero-order valence-electron chi connectivity index (χ0n) is 20.1. The van der Waals surface area contributed by atoms with E-state index in [1.807, 2.05) is 66.7 Å². The molecule has 0 aliphatic heterocycles. The average Bonchev–Trinajstić information content (AvgIpc) is 3.17. The molecule has 1 N–H and O–H groups in total. The van der Waals surface area contributed by atoms with E-state index in [2.05, 4.69) is 17.4 Å². The lowest BCUT2D eigenvalue weighted by Gasteiger charge is -2.37. The summed E-state index contributed by atoms with van der Waals surface area (Å²) in [7, 11) is 1.30. The van der Waals surface area contributed by atoms with Gasteiger partial charge in [0.25, 0.3) is 0 Å². The number of fused-ring (bicyclic) bond motifs is 3. The van der Waals surface area contributed by atoms with Crippen LogP contribution in [0.15, 0.2) is 78.9 Å². The fourth-order valence-corrected chi connectivity index (χ4v) is 5.00. The number of rotatable bonds is 9. The first-order chi connectivity index (χ1) is 16.9. The first-order valence-electron chi connectivity index (χ1n) is 11.7. The molecule has 0 spiro atoms. The summed E-state index contributed by atoms with van der Waals surface area (Å²) in [4.78, 5) is 38.1. The zero-order valence-corrected chi connectivity index (χ0v) is 20.1.